The van der Waals surface area contributed by atoms with E-state index >= 15 is 0 Å². The zero-order valence-corrected chi connectivity index (χ0v) is 14.3. The van der Waals surface area contributed by atoms with Crippen LogP contribution in [-0.2, 0) is 22.5 Å². The number of benzene rings is 2. The molecule has 2 aromatic rings. The van der Waals surface area contributed by atoms with Crippen molar-refractivity contribution in [3.8, 4) is 0 Å². The predicted molar refractivity (Wildman–Crippen MR) is 91.9 cm³/mol. The van der Waals surface area contributed by atoms with Gasteiger partial charge in [0.05, 0.1) is 5.56 Å². The van der Waals surface area contributed by atoms with Crippen LogP contribution in [0.1, 0.15) is 28.4 Å². The number of fused-ring (bicyclic) bond motifs is 1. The van der Waals surface area contributed by atoms with Gasteiger partial charge in [0.1, 0.15) is 0 Å². The molecule has 0 fully saturated rings. The second kappa shape index (κ2) is 6.29. The van der Waals surface area contributed by atoms with Crippen molar-refractivity contribution in [2.45, 2.75) is 25.5 Å². The monoisotopic (exact) mass is 343 g/mol. The Morgan fingerprint density at radius 1 is 1.25 bits per heavy atom. The minimum atomic E-state index is -1.20. The molecule has 0 saturated carbocycles. The number of rotatable bonds is 3. The van der Waals surface area contributed by atoms with Gasteiger partial charge in [0.15, 0.2) is 5.60 Å². The molecule has 0 unspecified atom stereocenters. The van der Waals surface area contributed by atoms with E-state index in [1.807, 2.05) is 30.3 Å². The first-order chi connectivity index (χ1) is 11.4. The molecule has 3 rings (SSSR count). The van der Waals surface area contributed by atoms with Gasteiger partial charge < -0.3 is 9.64 Å². The third-order valence-electron chi connectivity index (χ3n) is 4.19. The minimum Gasteiger partial charge on any atom is -0.445 e. The topological polar surface area (TPSA) is 46.6 Å². The van der Waals surface area contributed by atoms with Gasteiger partial charge in [-0.1, -0.05) is 41.9 Å². The summed E-state index contributed by atoms with van der Waals surface area (Å²) in [6.07, 6.45) is 0.369. The number of carbonyl (C=O) groups is 2. The van der Waals surface area contributed by atoms with E-state index in [9.17, 15) is 9.59 Å². The van der Waals surface area contributed by atoms with Crippen molar-refractivity contribution >= 4 is 23.5 Å². The van der Waals surface area contributed by atoms with E-state index in [0.29, 0.717) is 23.6 Å². The maximum Gasteiger partial charge on any atom is 0.339 e. The van der Waals surface area contributed by atoms with Gasteiger partial charge in [-0.2, -0.15) is 0 Å². The largest absolute Gasteiger partial charge is 0.445 e. The summed E-state index contributed by atoms with van der Waals surface area (Å²) < 4.78 is 5.49. The molecule has 4 nitrogen and oxygen atoms in total. The summed E-state index contributed by atoms with van der Waals surface area (Å²) in [6.45, 7) is 2.06. The molecule has 0 bridgehead atoms. The molecule has 0 aliphatic carbocycles. The van der Waals surface area contributed by atoms with Gasteiger partial charge in [0.2, 0.25) is 0 Å². The number of esters is 1. The predicted octanol–water partition coefficient (Wildman–Crippen LogP) is 3.47. The van der Waals surface area contributed by atoms with Crippen LogP contribution >= 0.6 is 11.6 Å². The fourth-order valence-corrected chi connectivity index (χ4v) is 3.25. The summed E-state index contributed by atoms with van der Waals surface area (Å²) in [5, 5.41) is 0.623. The highest BCUT2D eigenvalue weighted by molar-refractivity contribution is 6.30. The van der Waals surface area contributed by atoms with E-state index in [0.717, 1.165) is 11.1 Å². The van der Waals surface area contributed by atoms with Gasteiger partial charge in [0.25, 0.3) is 5.91 Å². The zero-order chi connectivity index (χ0) is 17.3. The highest BCUT2D eigenvalue weighted by Gasteiger charge is 2.44. The van der Waals surface area contributed by atoms with Gasteiger partial charge in [-0.15, -0.1) is 0 Å². The first kappa shape index (κ1) is 16.5. The number of carbonyl (C=O) groups excluding carboxylic acids is 2. The molecule has 2 aromatic carbocycles. The molecule has 5 heteroatoms. The Balaban J connectivity index is 1.80. The molecular formula is C19H18ClNO3. The molecule has 0 N–H and O–H groups in total. The molecule has 124 valence electrons. The highest BCUT2D eigenvalue weighted by atomic mass is 35.5. The van der Waals surface area contributed by atoms with Crippen molar-refractivity contribution in [2.75, 3.05) is 7.05 Å². The average molecular weight is 344 g/mol. The number of cyclic esters (lactones) is 1. The number of amides is 1. The third-order valence-corrected chi connectivity index (χ3v) is 4.43. The Morgan fingerprint density at radius 3 is 2.75 bits per heavy atom. The lowest BCUT2D eigenvalue weighted by Gasteiger charge is -2.36. The van der Waals surface area contributed by atoms with Gasteiger partial charge in [-0.25, -0.2) is 4.79 Å². The molecule has 1 atom stereocenters. The average Bonchev–Trinajstić information content (AvgIpc) is 2.54. The Labute approximate surface area is 146 Å². The summed E-state index contributed by atoms with van der Waals surface area (Å²) in [7, 11) is 1.70. The number of hydrogen-bond donors (Lipinski definition) is 0. The van der Waals surface area contributed by atoms with Crippen molar-refractivity contribution in [1.82, 2.24) is 4.90 Å². The Kier molecular flexibility index (Phi) is 4.33. The van der Waals surface area contributed by atoms with Crippen LogP contribution in [0, 0.1) is 0 Å². The molecule has 1 amide bonds. The molecule has 0 saturated heterocycles. The van der Waals surface area contributed by atoms with E-state index in [1.165, 1.54) is 0 Å². The van der Waals surface area contributed by atoms with Crippen LogP contribution in [0.3, 0.4) is 0 Å². The summed E-state index contributed by atoms with van der Waals surface area (Å²) >= 11 is 5.99. The maximum absolute atomic E-state index is 12.9. The summed E-state index contributed by atoms with van der Waals surface area (Å²) in [4.78, 5) is 26.7. The first-order valence-corrected chi connectivity index (χ1v) is 8.08. The molecule has 1 aliphatic heterocycles. The number of ether oxygens (including phenoxy) is 1. The lowest BCUT2D eigenvalue weighted by Crippen LogP contribution is -2.51. The molecule has 0 spiro atoms. The fourth-order valence-electron chi connectivity index (χ4n) is 3.04. The van der Waals surface area contributed by atoms with E-state index < -0.39 is 11.6 Å². The zero-order valence-electron chi connectivity index (χ0n) is 13.6. The second-order valence-electron chi connectivity index (χ2n) is 6.25. The van der Waals surface area contributed by atoms with Crippen molar-refractivity contribution < 1.29 is 14.3 Å². The van der Waals surface area contributed by atoms with E-state index in [2.05, 4.69) is 0 Å². The van der Waals surface area contributed by atoms with Crippen LogP contribution in [-0.4, -0.2) is 29.4 Å². The smallest absolute Gasteiger partial charge is 0.339 e. The van der Waals surface area contributed by atoms with Gasteiger partial charge in [-0.05, 0) is 36.2 Å². The van der Waals surface area contributed by atoms with Crippen LogP contribution in [0.2, 0.25) is 5.02 Å². The van der Waals surface area contributed by atoms with Crippen LogP contribution in [0.5, 0.6) is 0 Å². The van der Waals surface area contributed by atoms with E-state index in [4.69, 9.17) is 16.3 Å². The molecule has 0 aromatic heterocycles. The van der Waals surface area contributed by atoms with Gasteiger partial charge >= 0.3 is 5.97 Å². The number of nitrogens with zero attached hydrogens (tertiary/aromatic N) is 1. The highest BCUT2D eigenvalue weighted by Crippen LogP contribution is 2.29. The standard InChI is InChI=1S/C19H18ClNO3/c1-19(11-14-7-3-4-9-16(14)17(22)24-19)18(23)21(2)12-13-6-5-8-15(20)10-13/h3-10H,11-12H2,1-2H3/t19-/m1/s1. The molecule has 1 heterocycles. The number of hydrogen-bond acceptors (Lipinski definition) is 3. The lowest BCUT2D eigenvalue weighted by atomic mass is 9.89. The Bertz CT molecular complexity index is 805. The van der Waals surface area contributed by atoms with Crippen LogP contribution in [0.4, 0.5) is 0 Å². The minimum absolute atomic E-state index is 0.231. The molecular weight excluding hydrogens is 326 g/mol. The molecule has 1 aliphatic rings. The number of likely N-dealkylation sites (N-methyl/N-ethyl adjacent to an activating group) is 1. The maximum atomic E-state index is 12.9. The van der Waals surface area contributed by atoms with Crippen LogP contribution in [0.25, 0.3) is 0 Å². The van der Waals surface area contributed by atoms with Crippen LogP contribution in [0.15, 0.2) is 48.5 Å². The Morgan fingerprint density at radius 2 is 2.00 bits per heavy atom. The van der Waals surface area contributed by atoms with Crippen molar-refractivity contribution in [2.24, 2.45) is 0 Å². The first-order valence-electron chi connectivity index (χ1n) is 7.70. The van der Waals surface area contributed by atoms with Gasteiger partial charge in [0, 0.05) is 25.0 Å². The van der Waals surface area contributed by atoms with Crippen LogP contribution < -0.4 is 0 Å². The van der Waals surface area contributed by atoms with Crippen molar-refractivity contribution in [1.29, 1.82) is 0 Å². The second-order valence-corrected chi connectivity index (χ2v) is 6.68. The summed E-state index contributed by atoms with van der Waals surface area (Å²) in [5.41, 5.74) is 1.09. The molecule has 24 heavy (non-hydrogen) atoms. The Hall–Kier alpha value is -2.33. The summed E-state index contributed by atoms with van der Waals surface area (Å²) in [5.74, 6) is -0.686. The fraction of sp³-hybridized carbons (Fsp3) is 0.263. The normalized spacial score (nSPS) is 19.4. The van der Waals surface area contributed by atoms with E-state index in [1.54, 1.807) is 37.1 Å². The molecule has 0 radical (unpaired) electrons. The quantitative estimate of drug-likeness (QED) is 0.802. The van der Waals surface area contributed by atoms with E-state index in [-0.39, 0.29) is 5.91 Å². The summed E-state index contributed by atoms with van der Waals surface area (Å²) in [6, 6.07) is 14.6. The SMILES string of the molecule is CN(Cc1cccc(Cl)c1)C(=O)[C@@]1(C)Cc2ccccc2C(=O)O1. The van der Waals surface area contributed by atoms with Crippen molar-refractivity contribution in [3.63, 3.8) is 0 Å². The van der Waals surface area contributed by atoms with Gasteiger partial charge in [-0.3, -0.25) is 4.79 Å². The number of halogens is 1. The third kappa shape index (κ3) is 3.15. The van der Waals surface area contributed by atoms with Crippen molar-refractivity contribution in [3.05, 3.63) is 70.2 Å². The lowest BCUT2D eigenvalue weighted by molar-refractivity contribution is -0.150.